The lowest BCUT2D eigenvalue weighted by molar-refractivity contribution is -0.697. The zero-order valence-corrected chi connectivity index (χ0v) is 40.8. The molecule has 4 rings (SSSR count). The molecule has 0 amide bonds. The van der Waals surface area contributed by atoms with Crippen molar-refractivity contribution in [2.24, 2.45) is 0 Å². The first-order chi connectivity index (χ1) is 31.3. The summed E-state index contributed by atoms with van der Waals surface area (Å²) in [6.45, 7) is 6.94. The molecule has 2 N–H and O–H groups in total. The number of benzene rings is 2. The summed E-state index contributed by atoms with van der Waals surface area (Å²) in [7, 11) is 0. The first-order valence-corrected chi connectivity index (χ1v) is 26.5. The van der Waals surface area contributed by atoms with E-state index in [2.05, 4.69) is 84.2 Å². The molecule has 8 heteroatoms. The Labute approximate surface area is 392 Å². The van der Waals surface area contributed by atoms with Gasteiger partial charge >= 0.3 is 11.9 Å². The molecule has 2 aromatic carbocycles. The van der Waals surface area contributed by atoms with Gasteiger partial charge in [0.2, 0.25) is 0 Å². The van der Waals surface area contributed by atoms with Gasteiger partial charge in [0.05, 0.1) is 11.1 Å². The molecule has 0 saturated heterocycles. The number of unbranched alkanes of at least 4 members (excludes halogenated alkanes) is 26. The summed E-state index contributed by atoms with van der Waals surface area (Å²) in [4.78, 5) is 22.4. The van der Waals surface area contributed by atoms with Gasteiger partial charge in [0, 0.05) is 48.3 Å². The second kappa shape index (κ2) is 39.4. The standard InChI is InChI=1S/2C21H38N.C14H10O5S/c2*1-2-3-4-5-6-7-8-9-10-11-12-13-14-16-19-22-20-17-15-18-21-22;15-13(16)9-1-5-11(6-2-9)20(19)12-7-3-10(4-8-12)14(17)18/h2*15,17-18,20-21H,2-14,16,19H2,1H3;1-8H,(H,15,16)(H,17,18)/q2*+1;. The normalized spacial score (nSPS) is 10.8. The lowest BCUT2D eigenvalue weighted by Gasteiger charge is -2.10. The molecule has 0 saturated carbocycles. The van der Waals surface area contributed by atoms with Crippen LogP contribution in [0.5, 0.6) is 0 Å². The predicted molar refractivity (Wildman–Crippen MR) is 265 cm³/mol. The van der Waals surface area contributed by atoms with Gasteiger partial charge < -0.3 is 14.8 Å². The average molecular weight is 899 g/mol. The van der Waals surface area contributed by atoms with Crippen LogP contribution in [0.4, 0.5) is 0 Å². The van der Waals surface area contributed by atoms with Crippen molar-refractivity contribution in [1.82, 2.24) is 0 Å². The van der Waals surface area contributed by atoms with Crippen molar-refractivity contribution in [1.29, 1.82) is 0 Å². The van der Waals surface area contributed by atoms with Gasteiger partial charge in [-0.1, -0.05) is 180 Å². The number of hydrogen-bond donors (Lipinski definition) is 2. The average Bonchev–Trinajstić information content (AvgIpc) is 3.32. The molecule has 0 spiro atoms. The van der Waals surface area contributed by atoms with Gasteiger partial charge in [-0.15, -0.1) is 0 Å². The number of carboxylic acids is 2. The van der Waals surface area contributed by atoms with Crippen molar-refractivity contribution in [2.75, 3.05) is 0 Å². The van der Waals surface area contributed by atoms with E-state index >= 15 is 0 Å². The fourth-order valence-corrected chi connectivity index (χ4v) is 8.76. The van der Waals surface area contributed by atoms with E-state index in [4.69, 9.17) is 10.2 Å². The Kier molecular flexibility index (Phi) is 34.5. The minimum Gasteiger partial charge on any atom is -0.606 e. The zero-order chi connectivity index (χ0) is 46.1. The van der Waals surface area contributed by atoms with E-state index in [0.29, 0.717) is 9.79 Å². The van der Waals surface area contributed by atoms with Crippen LogP contribution >= 0.6 is 0 Å². The Hall–Kier alpha value is -4.01. The number of rotatable bonds is 34. The highest BCUT2D eigenvalue weighted by Gasteiger charge is 2.16. The Balaban J connectivity index is 0.000000330. The molecule has 0 aliphatic heterocycles. The van der Waals surface area contributed by atoms with Gasteiger partial charge in [-0.25, -0.2) is 18.7 Å². The maximum absolute atomic E-state index is 12.2. The maximum atomic E-state index is 12.2. The SMILES string of the molecule is CCCCCCCCCCCCCCCC[n+]1ccccc1.CCCCCCCCCCCCCCCC[n+]1ccccc1.O=C(O)c1ccc([S+]([O-])c2ccc(C(=O)O)cc2)cc1. The number of carboxylic acid groups (broad SMARTS) is 2. The number of carbonyl (C=O) groups is 2. The van der Waals surface area contributed by atoms with Crippen LogP contribution in [0.2, 0.25) is 0 Å². The van der Waals surface area contributed by atoms with Crippen LogP contribution in [0.25, 0.3) is 0 Å². The van der Waals surface area contributed by atoms with Gasteiger partial charge in [0.25, 0.3) is 0 Å². The molecule has 0 aliphatic carbocycles. The summed E-state index contributed by atoms with van der Waals surface area (Å²) >= 11 is -1.48. The van der Waals surface area contributed by atoms with Gasteiger partial charge in [-0.2, -0.15) is 0 Å². The lowest BCUT2D eigenvalue weighted by Crippen LogP contribution is -2.32. The summed E-state index contributed by atoms with van der Waals surface area (Å²) < 4.78 is 16.8. The smallest absolute Gasteiger partial charge is 0.335 e. The number of aromatic nitrogens is 2. The van der Waals surface area contributed by atoms with Crippen LogP contribution in [0.15, 0.2) is 120 Å². The van der Waals surface area contributed by atoms with E-state index in [1.165, 1.54) is 241 Å². The number of aryl methyl sites for hydroxylation is 2. The molecule has 2 aromatic heterocycles. The van der Waals surface area contributed by atoms with E-state index in [1.54, 1.807) is 0 Å². The van der Waals surface area contributed by atoms with E-state index in [1.807, 2.05) is 0 Å². The summed E-state index contributed by atoms with van der Waals surface area (Å²) in [6, 6.07) is 24.0. The fourth-order valence-electron chi connectivity index (χ4n) is 7.72. The van der Waals surface area contributed by atoms with Crippen LogP contribution < -0.4 is 9.13 Å². The molecule has 7 nitrogen and oxygen atoms in total. The number of aromatic carboxylic acids is 2. The molecule has 354 valence electrons. The minimum atomic E-state index is -1.48. The van der Waals surface area contributed by atoms with Crippen molar-refractivity contribution in [3.05, 3.63) is 121 Å². The molecule has 0 aliphatic rings. The third-order valence-electron chi connectivity index (χ3n) is 11.7. The first-order valence-electron chi connectivity index (χ1n) is 25.3. The van der Waals surface area contributed by atoms with Crippen molar-refractivity contribution in [2.45, 2.75) is 217 Å². The molecule has 0 atom stereocenters. The Morgan fingerprint density at radius 3 is 0.859 bits per heavy atom. The lowest BCUT2D eigenvalue weighted by atomic mass is 10.0. The number of pyridine rings is 2. The van der Waals surface area contributed by atoms with E-state index in [-0.39, 0.29) is 11.1 Å². The Bertz CT molecular complexity index is 1550. The maximum Gasteiger partial charge on any atom is 0.335 e. The monoisotopic (exact) mass is 899 g/mol. The molecular weight excluding hydrogens is 813 g/mol. The van der Waals surface area contributed by atoms with Gasteiger partial charge in [0.15, 0.2) is 34.6 Å². The van der Waals surface area contributed by atoms with Crippen LogP contribution in [0.3, 0.4) is 0 Å². The van der Waals surface area contributed by atoms with Crippen molar-refractivity contribution in [3.8, 4) is 0 Å². The van der Waals surface area contributed by atoms with Crippen LogP contribution in [-0.4, -0.2) is 26.7 Å². The van der Waals surface area contributed by atoms with Crippen molar-refractivity contribution >= 4 is 23.1 Å². The summed E-state index contributed by atoms with van der Waals surface area (Å²) in [5.74, 6) is -2.10. The molecule has 0 fully saturated rings. The summed E-state index contributed by atoms with van der Waals surface area (Å²) in [6.07, 6.45) is 48.8. The topological polar surface area (TPSA) is 105 Å². The van der Waals surface area contributed by atoms with Crippen molar-refractivity contribution in [3.63, 3.8) is 0 Å². The third-order valence-corrected chi connectivity index (χ3v) is 13.1. The molecule has 0 unspecified atom stereocenters. The fraction of sp³-hybridized carbons (Fsp3) is 0.571. The number of nitrogens with zero attached hydrogens (tertiary/aromatic N) is 2. The molecule has 64 heavy (non-hydrogen) atoms. The molecule has 0 radical (unpaired) electrons. The van der Waals surface area contributed by atoms with Crippen LogP contribution in [-0.2, 0) is 24.3 Å². The highest BCUT2D eigenvalue weighted by atomic mass is 32.2. The van der Waals surface area contributed by atoms with Crippen LogP contribution in [0, 0.1) is 0 Å². The highest BCUT2D eigenvalue weighted by molar-refractivity contribution is 7.91. The number of hydrogen-bond acceptors (Lipinski definition) is 3. The predicted octanol–water partition coefficient (Wildman–Crippen LogP) is 15.2. The Morgan fingerprint density at radius 1 is 0.391 bits per heavy atom. The second-order valence-corrected chi connectivity index (χ2v) is 18.8. The van der Waals surface area contributed by atoms with E-state index < -0.39 is 23.1 Å². The van der Waals surface area contributed by atoms with E-state index in [9.17, 15) is 14.1 Å². The second-order valence-electron chi connectivity index (χ2n) is 17.3. The Morgan fingerprint density at radius 2 is 0.625 bits per heavy atom. The van der Waals surface area contributed by atoms with Crippen molar-refractivity contribution < 1.29 is 33.5 Å². The summed E-state index contributed by atoms with van der Waals surface area (Å²) in [5, 5.41) is 17.6. The van der Waals surface area contributed by atoms with Crippen LogP contribution in [0.1, 0.15) is 214 Å². The quantitative estimate of drug-likeness (QED) is 0.0276. The first kappa shape index (κ1) is 56.1. The third kappa shape index (κ3) is 29.4. The van der Waals surface area contributed by atoms with Gasteiger partial charge in [-0.3, -0.25) is 0 Å². The molecule has 4 aromatic rings. The highest BCUT2D eigenvalue weighted by Crippen LogP contribution is 2.22. The van der Waals surface area contributed by atoms with E-state index in [0.717, 1.165) is 0 Å². The summed E-state index contributed by atoms with van der Waals surface area (Å²) in [5.41, 5.74) is 0.235. The van der Waals surface area contributed by atoms with Gasteiger partial charge in [-0.05, 0) is 61.4 Å². The largest absolute Gasteiger partial charge is 0.606 e. The molecular formula is C56H86N2O5S+2. The zero-order valence-electron chi connectivity index (χ0n) is 40.0. The minimum absolute atomic E-state index is 0.118. The molecule has 2 heterocycles. The van der Waals surface area contributed by atoms with Gasteiger partial charge in [0.1, 0.15) is 13.1 Å². The molecule has 0 bridgehead atoms.